The minimum absolute atomic E-state index is 0.00943. The van der Waals surface area contributed by atoms with Gasteiger partial charge in [-0.05, 0) is 38.5 Å². The minimum Gasteiger partial charge on any atom is -0.492 e. The summed E-state index contributed by atoms with van der Waals surface area (Å²) in [6.07, 6.45) is 0. The van der Waals surface area contributed by atoms with Crippen LogP contribution in [0.2, 0.25) is 0 Å². The molecule has 0 aliphatic heterocycles. The van der Waals surface area contributed by atoms with Gasteiger partial charge in [-0.25, -0.2) is 4.39 Å². The molecule has 0 radical (unpaired) electrons. The van der Waals surface area contributed by atoms with Gasteiger partial charge < -0.3 is 10.1 Å². The van der Waals surface area contributed by atoms with Gasteiger partial charge in [-0.1, -0.05) is 12.1 Å². The van der Waals surface area contributed by atoms with Crippen molar-refractivity contribution in [3.63, 3.8) is 0 Å². The van der Waals surface area contributed by atoms with Crippen LogP contribution in [0.15, 0.2) is 24.3 Å². The van der Waals surface area contributed by atoms with Gasteiger partial charge in [0.2, 0.25) is 5.88 Å². The van der Waals surface area contributed by atoms with Crippen LogP contribution in [-0.2, 0) is 5.41 Å². The third-order valence-electron chi connectivity index (χ3n) is 3.02. The van der Waals surface area contributed by atoms with Crippen LogP contribution in [0.3, 0.4) is 0 Å². The number of imidazole rings is 1. The molecule has 3 nitrogen and oxygen atoms in total. The smallest absolute Gasteiger partial charge is 0.232 e. The zero-order valence-corrected chi connectivity index (χ0v) is 10.1. The summed E-state index contributed by atoms with van der Waals surface area (Å²) in [5.74, 6) is 0.414. The molecular weight excluding hydrogens is 219 g/mol. The fraction of sp³-hybridized carbons (Fsp3) is 0.308. The average molecular weight is 234 g/mol. The Balaban J connectivity index is 2.45. The molecule has 0 amide bonds. The maximum Gasteiger partial charge on any atom is 0.232 e. The first-order chi connectivity index (χ1) is 7.91. The summed E-state index contributed by atoms with van der Waals surface area (Å²) in [6.45, 7) is 5.70. The summed E-state index contributed by atoms with van der Waals surface area (Å²) in [6, 6.07) is 6.30. The highest BCUT2D eigenvalue weighted by atomic mass is 19.1. The predicted octanol–water partition coefficient (Wildman–Crippen LogP) is 2.89. The third-order valence-corrected chi connectivity index (χ3v) is 3.02. The van der Waals surface area contributed by atoms with E-state index >= 15 is 0 Å². The number of benzene rings is 1. The molecule has 0 bridgehead atoms. The van der Waals surface area contributed by atoms with E-state index in [4.69, 9.17) is 0 Å². The molecule has 0 aliphatic rings. The van der Waals surface area contributed by atoms with Crippen molar-refractivity contribution < 1.29 is 9.50 Å². The molecule has 0 fully saturated rings. The minimum atomic E-state index is -0.403. The van der Waals surface area contributed by atoms with E-state index in [1.54, 1.807) is 19.1 Å². The van der Waals surface area contributed by atoms with E-state index in [0.29, 0.717) is 11.5 Å². The Bertz CT molecular complexity index is 509. The normalized spacial score (nSPS) is 11.8. The topological polar surface area (TPSA) is 48.9 Å². The number of rotatable bonds is 2. The Hall–Kier alpha value is -1.84. The molecule has 0 spiro atoms. The van der Waals surface area contributed by atoms with Gasteiger partial charge in [-0.3, -0.25) is 0 Å². The summed E-state index contributed by atoms with van der Waals surface area (Å²) >= 11 is 0. The summed E-state index contributed by atoms with van der Waals surface area (Å²) in [5.41, 5.74) is 1.17. The largest absolute Gasteiger partial charge is 0.492 e. The van der Waals surface area contributed by atoms with Crippen molar-refractivity contribution in [1.82, 2.24) is 9.97 Å². The fourth-order valence-corrected chi connectivity index (χ4v) is 1.75. The summed E-state index contributed by atoms with van der Waals surface area (Å²) in [7, 11) is 0. The monoisotopic (exact) mass is 234 g/mol. The van der Waals surface area contributed by atoms with E-state index in [9.17, 15) is 9.50 Å². The lowest BCUT2D eigenvalue weighted by Gasteiger charge is -2.22. The Kier molecular flexibility index (Phi) is 2.65. The molecule has 0 saturated carbocycles. The number of aryl methyl sites for hydroxylation is 1. The number of hydrogen-bond acceptors (Lipinski definition) is 2. The summed E-state index contributed by atoms with van der Waals surface area (Å²) in [4.78, 5) is 7.13. The lowest BCUT2D eigenvalue weighted by Crippen LogP contribution is -2.20. The van der Waals surface area contributed by atoms with Gasteiger partial charge in [-0.2, -0.15) is 4.98 Å². The van der Waals surface area contributed by atoms with Crippen LogP contribution >= 0.6 is 0 Å². The van der Waals surface area contributed by atoms with Gasteiger partial charge in [0.1, 0.15) is 11.6 Å². The van der Waals surface area contributed by atoms with Crippen molar-refractivity contribution in [2.24, 2.45) is 0 Å². The zero-order chi connectivity index (χ0) is 12.6. The van der Waals surface area contributed by atoms with E-state index in [1.807, 2.05) is 13.8 Å². The second-order valence-corrected chi connectivity index (χ2v) is 4.67. The highest BCUT2D eigenvalue weighted by Crippen LogP contribution is 2.31. The quantitative estimate of drug-likeness (QED) is 0.839. The number of aromatic hydroxyl groups is 1. The first kappa shape index (κ1) is 11.6. The predicted molar refractivity (Wildman–Crippen MR) is 63.5 cm³/mol. The van der Waals surface area contributed by atoms with Gasteiger partial charge in [0.05, 0.1) is 5.69 Å². The van der Waals surface area contributed by atoms with Crippen LogP contribution in [0.4, 0.5) is 4.39 Å². The molecule has 17 heavy (non-hydrogen) atoms. The lowest BCUT2D eigenvalue weighted by molar-refractivity contribution is 0.448. The van der Waals surface area contributed by atoms with Gasteiger partial charge in [0.15, 0.2) is 0 Å². The van der Waals surface area contributed by atoms with Crippen LogP contribution in [-0.4, -0.2) is 15.1 Å². The molecule has 2 rings (SSSR count). The van der Waals surface area contributed by atoms with Gasteiger partial charge in [-0.15, -0.1) is 0 Å². The molecule has 1 aromatic carbocycles. The lowest BCUT2D eigenvalue weighted by atomic mass is 9.84. The Morgan fingerprint density at radius 1 is 1.24 bits per heavy atom. The molecule has 0 atom stereocenters. The maximum absolute atomic E-state index is 12.9. The van der Waals surface area contributed by atoms with E-state index in [2.05, 4.69) is 9.97 Å². The van der Waals surface area contributed by atoms with E-state index in [1.165, 1.54) is 12.1 Å². The molecule has 0 saturated heterocycles. The average Bonchev–Trinajstić information content (AvgIpc) is 2.60. The van der Waals surface area contributed by atoms with Crippen molar-refractivity contribution in [3.05, 3.63) is 47.2 Å². The van der Waals surface area contributed by atoms with Crippen LogP contribution in [0.5, 0.6) is 5.88 Å². The van der Waals surface area contributed by atoms with Crippen molar-refractivity contribution in [2.45, 2.75) is 26.2 Å². The second-order valence-electron chi connectivity index (χ2n) is 4.67. The molecule has 90 valence electrons. The van der Waals surface area contributed by atoms with E-state index in [-0.39, 0.29) is 11.7 Å². The number of halogens is 1. The molecule has 4 heteroatoms. The van der Waals surface area contributed by atoms with Gasteiger partial charge in [0.25, 0.3) is 0 Å². The molecule has 2 N–H and O–H groups in total. The fourth-order valence-electron chi connectivity index (χ4n) is 1.75. The van der Waals surface area contributed by atoms with Crippen LogP contribution in [0.25, 0.3) is 0 Å². The standard InChI is InChI=1S/C13H15FN2O/c1-8-11(17)16-12(15-8)13(2,3)9-4-6-10(14)7-5-9/h4-7,17H,1-3H3,(H,15,16). The Morgan fingerprint density at radius 2 is 1.82 bits per heavy atom. The maximum atomic E-state index is 12.9. The zero-order valence-electron chi connectivity index (χ0n) is 10.1. The molecular formula is C13H15FN2O. The first-order valence-corrected chi connectivity index (χ1v) is 5.43. The first-order valence-electron chi connectivity index (χ1n) is 5.43. The van der Waals surface area contributed by atoms with Crippen LogP contribution < -0.4 is 0 Å². The number of aromatic nitrogens is 2. The second kappa shape index (κ2) is 3.87. The highest BCUT2D eigenvalue weighted by molar-refractivity contribution is 5.33. The van der Waals surface area contributed by atoms with E-state index in [0.717, 1.165) is 5.56 Å². The van der Waals surface area contributed by atoms with Crippen molar-refractivity contribution >= 4 is 0 Å². The molecule has 0 unspecified atom stereocenters. The van der Waals surface area contributed by atoms with Crippen LogP contribution in [0.1, 0.15) is 30.9 Å². The Morgan fingerprint density at radius 3 is 2.29 bits per heavy atom. The SMILES string of the molecule is Cc1[nH]c(C(C)(C)c2ccc(F)cc2)nc1O. The van der Waals surface area contributed by atoms with Crippen molar-refractivity contribution in [2.75, 3.05) is 0 Å². The number of nitrogens with zero attached hydrogens (tertiary/aromatic N) is 1. The van der Waals surface area contributed by atoms with E-state index < -0.39 is 5.41 Å². The molecule has 2 aromatic rings. The van der Waals surface area contributed by atoms with Gasteiger partial charge >= 0.3 is 0 Å². The number of hydrogen-bond donors (Lipinski definition) is 2. The third kappa shape index (κ3) is 2.02. The number of H-pyrrole nitrogens is 1. The molecule has 1 aromatic heterocycles. The summed E-state index contributed by atoms with van der Waals surface area (Å²) in [5, 5.41) is 9.49. The van der Waals surface area contributed by atoms with Crippen LogP contribution in [0, 0.1) is 12.7 Å². The summed E-state index contributed by atoms with van der Waals surface area (Å²) < 4.78 is 12.9. The van der Waals surface area contributed by atoms with Crippen molar-refractivity contribution in [3.8, 4) is 5.88 Å². The molecule has 1 heterocycles. The highest BCUT2D eigenvalue weighted by Gasteiger charge is 2.27. The molecule has 0 aliphatic carbocycles. The van der Waals surface area contributed by atoms with Crippen molar-refractivity contribution in [1.29, 1.82) is 0 Å². The van der Waals surface area contributed by atoms with Gasteiger partial charge in [0, 0.05) is 5.41 Å². The number of aromatic amines is 1. The Labute approximate surface area is 99.3 Å². The number of nitrogens with one attached hydrogen (secondary N) is 1.